The minimum atomic E-state index is -0.126. The van der Waals surface area contributed by atoms with Gasteiger partial charge in [-0.05, 0) is 31.0 Å². The molecular weight excluding hydrogens is 228 g/mol. The largest absolute Gasteiger partial charge is 0.384 e. The first-order chi connectivity index (χ1) is 8.74. The monoisotopic (exact) mass is 242 g/mol. The van der Waals surface area contributed by atoms with E-state index >= 15 is 0 Å². The molecule has 0 saturated heterocycles. The third-order valence-corrected chi connectivity index (χ3v) is 3.15. The van der Waals surface area contributed by atoms with Gasteiger partial charge in [-0.1, -0.05) is 6.07 Å². The van der Waals surface area contributed by atoms with E-state index in [-0.39, 0.29) is 5.91 Å². The van der Waals surface area contributed by atoms with Crippen LogP contribution in [0.5, 0.6) is 0 Å². The summed E-state index contributed by atoms with van der Waals surface area (Å²) in [4.78, 5) is 12.1. The van der Waals surface area contributed by atoms with Gasteiger partial charge in [0.1, 0.15) is 5.82 Å². The van der Waals surface area contributed by atoms with Crippen molar-refractivity contribution in [3.05, 3.63) is 41.1 Å². The van der Waals surface area contributed by atoms with Gasteiger partial charge in [-0.25, -0.2) is 0 Å². The zero-order chi connectivity index (χ0) is 12.5. The molecule has 1 aromatic carbocycles. The topological polar surface area (TPSA) is 69.8 Å². The van der Waals surface area contributed by atoms with Crippen molar-refractivity contribution >= 4 is 17.4 Å². The number of nitrogens with one attached hydrogen (secondary N) is 3. The lowest BCUT2D eigenvalue weighted by Gasteiger charge is -2.06. The van der Waals surface area contributed by atoms with Crippen LogP contribution < -0.4 is 10.6 Å². The lowest BCUT2D eigenvalue weighted by atomic mass is 10.1. The van der Waals surface area contributed by atoms with E-state index in [9.17, 15) is 4.79 Å². The van der Waals surface area contributed by atoms with Crippen LogP contribution in [0.3, 0.4) is 0 Å². The Balaban J connectivity index is 1.83. The molecule has 18 heavy (non-hydrogen) atoms. The van der Waals surface area contributed by atoms with E-state index in [0.717, 1.165) is 24.2 Å². The standard InChI is InChI=1S/C13H14N4O/c1-8-7-15-17-12(8)16-13(18)10-3-2-9-4-5-14-11(9)6-10/h2-3,6-7,14H,4-5H2,1H3,(H2,15,16,17,18). The summed E-state index contributed by atoms with van der Waals surface area (Å²) >= 11 is 0. The number of hydrogen-bond donors (Lipinski definition) is 3. The molecule has 2 heterocycles. The van der Waals surface area contributed by atoms with E-state index in [1.807, 2.05) is 25.1 Å². The summed E-state index contributed by atoms with van der Waals surface area (Å²) in [6.45, 7) is 2.84. The van der Waals surface area contributed by atoms with Crippen LogP contribution >= 0.6 is 0 Å². The van der Waals surface area contributed by atoms with Gasteiger partial charge in [-0.2, -0.15) is 5.10 Å². The summed E-state index contributed by atoms with van der Waals surface area (Å²) in [7, 11) is 0. The molecule has 0 unspecified atom stereocenters. The van der Waals surface area contributed by atoms with Crippen LogP contribution in [0.2, 0.25) is 0 Å². The molecule has 0 fully saturated rings. The highest BCUT2D eigenvalue weighted by molar-refractivity contribution is 6.04. The van der Waals surface area contributed by atoms with Crippen LogP contribution in [0.1, 0.15) is 21.5 Å². The highest BCUT2D eigenvalue weighted by Crippen LogP contribution is 2.23. The second-order valence-electron chi connectivity index (χ2n) is 4.43. The second kappa shape index (κ2) is 4.18. The summed E-state index contributed by atoms with van der Waals surface area (Å²) in [5.41, 5.74) is 3.90. The van der Waals surface area contributed by atoms with Crippen molar-refractivity contribution in [2.75, 3.05) is 17.2 Å². The summed E-state index contributed by atoms with van der Waals surface area (Å²) in [5.74, 6) is 0.521. The number of benzene rings is 1. The van der Waals surface area contributed by atoms with Gasteiger partial charge in [0.2, 0.25) is 0 Å². The first-order valence-electron chi connectivity index (χ1n) is 5.92. The number of aryl methyl sites for hydroxylation is 1. The van der Waals surface area contributed by atoms with Crippen molar-refractivity contribution in [1.29, 1.82) is 0 Å². The Morgan fingerprint density at radius 3 is 3.11 bits per heavy atom. The third kappa shape index (κ3) is 1.84. The van der Waals surface area contributed by atoms with Gasteiger partial charge in [0, 0.05) is 23.4 Å². The summed E-state index contributed by atoms with van der Waals surface area (Å²) < 4.78 is 0. The van der Waals surface area contributed by atoms with Crippen molar-refractivity contribution < 1.29 is 4.79 Å². The maximum absolute atomic E-state index is 12.1. The number of H-pyrrole nitrogens is 1. The number of nitrogens with zero attached hydrogens (tertiary/aromatic N) is 1. The highest BCUT2D eigenvalue weighted by atomic mass is 16.1. The maximum Gasteiger partial charge on any atom is 0.256 e. The Hall–Kier alpha value is -2.30. The Morgan fingerprint density at radius 2 is 2.33 bits per heavy atom. The Labute approximate surface area is 105 Å². The lowest BCUT2D eigenvalue weighted by Crippen LogP contribution is -2.13. The summed E-state index contributed by atoms with van der Waals surface area (Å²) in [5, 5.41) is 12.7. The number of amides is 1. The minimum Gasteiger partial charge on any atom is -0.384 e. The number of carbonyl (C=O) groups is 1. The molecule has 0 radical (unpaired) electrons. The van der Waals surface area contributed by atoms with Crippen LogP contribution in [0.15, 0.2) is 24.4 Å². The average molecular weight is 242 g/mol. The normalized spacial score (nSPS) is 12.9. The number of hydrogen-bond acceptors (Lipinski definition) is 3. The first-order valence-corrected chi connectivity index (χ1v) is 5.92. The van der Waals surface area contributed by atoms with Gasteiger partial charge >= 0.3 is 0 Å². The number of aromatic amines is 1. The van der Waals surface area contributed by atoms with Crippen molar-refractivity contribution in [2.45, 2.75) is 13.3 Å². The molecule has 0 spiro atoms. The van der Waals surface area contributed by atoms with Gasteiger partial charge in [0.25, 0.3) is 5.91 Å². The molecule has 0 bridgehead atoms. The predicted molar refractivity (Wildman–Crippen MR) is 69.9 cm³/mol. The number of anilines is 2. The molecule has 0 atom stereocenters. The van der Waals surface area contributed by atoms with Crippen LogP contribution in [-0.2, 0) is 6.42 Å². The van der Waals surface area contributed by atoms with Gasteiger partial charge in [0.15, 0.2) is 0 Å². The van der Waals surface area contributed by atoms with Gasteiger partial charge in [0.05, 0.1) is 6.20 Å². The molecule has 3 N–H and O–H groups in total. The molecule has 0 saturated carbocycles. The Kier molecular flexibility index (Phi) is 2.51. The van der Waals surface area contributed by atoms with Gasteiger partial charge in [-0.3, -0.25) is 9.89 Å². The van der Waals surface area contributed by atoms with Crippen molar-refractivity contribution in [3.8, 4) is 0 Å². The third-order valence-electron chi connectivity index (χ3n) is 3.15. The maximum atomic E-state index is 12.1. The fourth-order valence-corrected chi connectivity index (χ4v) is 2.09. The van der Waals surface area contributed by atoms with Crippen LogP contribution in [0.4, 0.5) is 11.5 Å². The first kappa shape index (κ1) is 10.8. The second-order valence-corrected chi connectivity index (χ2v) is 4.43. The molecule has 1 amide bonds. The SMILES string of the molecule is Cc1cn[nH]c1NC(=O)c1ccc2c(c1)NCC2. The van der Waals surface area contributed by atoms with Crippen molar-refractivity contribution in [1.82, 2.24) is 10.2 Å². The molecule has 2 aromatic rings. The number of rotatable bonds is 2. The molecule has 3 rings (SSSR count). The van der Waals surface area contributed by atoms with Crippen LogP contribution in [0, 0.1) is 6.92 Å². The van der Waals surface area contributed by atoms with E-state index in [1.165, 1.54) is 5.56 Å². The van der Waals surface area contributed by atoms with Gasteiger partial charge < -0.3 is 10.6 Å². The van der Waals surface area contributed by atoms with E-state index < -0.39 is 0 Å². The molecule has 1 aromatic heterocycles. The molecule has 0 aliphatic carbocycles. The predicted octanol–water partition coefficient (Wildman–Crippen LogP) is 1.94. The van der Waals surface area contributed by atoms with E-state index in [2.05, 4.69) is 20.8 Å². The molecular formula is C13H14N4O. The Bertz CT molecular complexity index is 603. The quantitative estimate of drug-likeness (QED) is 0.753. The van der Waals surface area contributed by atoms with E-state index in [4.69, 9.17) is 0 Å². The zero-order valence-corrected chi connectivity index (χ0v) is 10.1. The lowest BCUT2D eigenvalue weighted by molar-refractivity contribution is 0.102. The number of aromatic nitrogens is 2. The van der Waals surface area contributed by atoms with E-state index in [0.29, 0.717) is 11.4 Å². The van der Waals surface area contributed by atoms with E-state index in [1.54, 1.807) is 6.20 Å². The smallest absolute Gasteiger partial charge is 0.256 e. The van der Waals surface area contributed by atoms with Crippen LogP contribution in [0.25, 0.3) is 0 Å². The molecule has 1 aliphatic heterocycles. The number of carbonyl (C=O) groups excluding carboxylic acids is 1. The fraction of sp³-hybridized carbons (Fsp3) is 0.231. The van der Waals surface area contributed by atoms with Crippen molar-refractivity contribution in [3.63, 3.8) is 0 Å². The summed E-state index contributed by atoms with van der Waals surface area (Å²) in [6, 6.07) is 5.75. The van der Waals surface area contributed by atoms with Gasteiger partial charge in [-0.15, -0.1) is 0 Å². The Morgan fingerprint density at radius 1 is 1.44 bits per heavy atom. The minimum absolute atomic E-state index is 0.126. The molecule has 5 nitrogen and oxygen atoms in total. The van der Waals surface area contributed by atoms with Crippen LogP contribution in [-0.4, -0.2) is 22.6 Å². The fourth-order valence-electron chi connectivity index (χ4n) is 2.09. The van der Waals surface area contributed by atoms with Crippen molar-refractivity contribution in [2.24, 2.45) is 0 Å². The zero-order valence-electron chi connectivity index (χ0n) is 10.1. The molecule has 5 heteroatoms. The molecule has 1 aliphatic rings. The molecule has 92 valence electrons. The summed E-state index contributed by atoms with van der Waals surface area (Å²) in [6.07, 6.45) is 2.71. The highest BCUT2D eigenvalue weighted by Gasteiger charge is 2.14. The number of fused-ring (bicyclic) bond motifs is 1. The average Bonchev–Trinajstić information content (AvgIpc) is 2.98.